The zero-order chi connectivity index (χ0) is 16.5. The number of methoxy groups -OCH3 is 1. The number of nitrogens with one attached hydrogen (secondary N) is 2. The van der Waals surface area contributed by atoms with Gasteiger partial charge in [0, 0.05) is 24.4 Å². The van der Waals surface area contributed by atoms with Crippen LogP contribution in [0.25, 0.3) is 22.2 Å². The van der Waals surface area contributed by atoms with Crippen molar-refractivity contribution in [1.29, 1.82) is 0 Å². The molecule has 0 spiro atoms. The van der Waals surface area contributed by atoms with Crippen LogP contribution >= 0.6 is 0 Å². The summed E-state index contributed by atoms with van der Waals surface area (Å²) < 4.78 is 5.10. The monoisotopic (exact) mass is 323 g/mol. The largest absolute Gasteiger partial charge is 0.383 e. The zero-order valence-corrected chi connectivity index (χ0v) is 13.2. The fraction of sp³-hybridized carbons (Fsp3) is 0.235. The second-order valence-electron chi connectivity index (χ2n) is 5.60. The molecule has 1 aliphatic heterocycles. The third-order valence-electron chi connectivity index (χ3n) is 4.09. The van der Waals surface area contributed by atoms with Crippen molar-refractivity contribution in [3.8, 4) is 11.3 Å². The second-order valence-corrected chi connectivity index (χ2v) is 5.60. The van der Waals surface area contributed by atoms with Crippen molar-refractivity contribution in [2.75, 3.05) is 37.0 Å². The Labute approximate surface area is 138 Å². The number of benzene rings is 1. The van der Waals surface area contributed by atoms with E-state index in [0.29, 0.717) is 24.8 Å². The first kappa shape index (κ1) is 14.6. The molecule has 122 valence electrons. The quantitative estimate of drug-likeness (QED) is 0.767. The Morgan fingerprint density at radius 2 is 2.25 bits per heavy atom. The minimum Gasteiger partial charge on any atom is -0.383 e. The number of amides is 1. The fourth-order valence-electron chi connectivity index (χ4n) is 2.82. The number of carbonyl (C=O) groups excluding carboxylic acids is 1. The summed E-state index contributed by atoms with van der Waals surface area (Å²) in [5.41, 5.74) is 2.71. The topological polar surface area (TPSA) is 83.1 Å². The van der Waals surface area contributed by atoms with Crippen LogP contribution in [0.2, 0.25) is 0 Å². The van der Waals surface area contributed by atoms with Gasteiger partial charge >= 0.3 is 0 Å². The van der Waals surface area contributed by atoms with Crippen LogP contribution in [0, 0.1) is 0 Å². The molecule has 1 aromatic carbocycles. The molecule has 7 nitrogen and oxygen atoms in total. The molecule has 2 N–H and O–H groups in total. The predicted molar refractivity (Wildman–Crippen MR) is 92.0 cm³/mol. The van der Waals surface area contributed by atoms with Crippen molar-refractivity contribution in [3.63, 3.8) is 0 Å². The number of rotatable bonds is 4. The Morgan fingerprint density at radius 1 is 1.33 bits per heavy atom. The molecule has 0 bridgehead atoms. The van der Waals surface area contributed by atoms with Gasteiger partial charge in [0.15, 0.2) is 11.6 Å². The number of carbonyl (C=O) groups is 1. The molecule has 0 atom stereocenters. The number of H-pyrrole nitrogens is 1. The van der Waals surface area contributed by atoms with Crippen molar-refractivity contribution in [3.05, 3.63) is 36.7 Å². The van der Waals surface area contributed by atoms with Gasteiger partial charge < -0.3 is 15.0 Å². The van der Waals surface area contributed by atoms with Crippen LogP contribution in [0.4, 0.5) is 11.6 Å². The van der Waals surface area contributed by atoms with E-state index in [4.69, 9.17) is 4.74 Å². The summed E-state index contributed by atoms with van der Waals surface area (Å²) in [6.45, 7) is 1.13. The van der Waals surface area contributed by atoms with Gasteiger partial charge in [-0.15, -0.1) is 0 Å². The van der Waals surface area contributed by atoms with Gasteiger partial charge in [0.2, 0.25) is 5.91 Å². The lowest BCUT2D eigenvalue weighted by Crippen LogP contribution is -2.42. The van der Waals surface area contributed by atoms with E-state index in [1.165, 1.54) is 0 Å². The predicted octanol–water partition coefficient (Wildman–Crippen LogP) is 2.03. The van der Waals surface area contributed by atoms with Crippen LogP contribution in [0.3, 0.4) is 0 Å². The molecule has 1 aliphatic rings. The molecule has 0 saturated heterocycles. The number of fused-ring (bicyclic) bond motifs is 2. The molecule has 0 unspecified atom stereocenters. The highest BCUT2D eigenvalue weighted by Crippen LogP contribution is 2.29. The van der Waals surface area contributed by atoms with E-state index >= 15 is 0 Å². The first-order valence-corrected chi connectivity index (χ1v) is 7.74. The van der Waals surface area contributed by atoms with Gasteiger partial charge in [-0.05, 0) is 17.5 Å². The molecule has 0 radical (unpaired) electrons. The minimum atomic E-state index is -0.0363. The van der Waals surface area contributed by atoms with Gasteiger partial charge in [0.05, 0.1) is 31.6 Å². The molecular weight excluding hydrogens is 306 g/mol. The van der Waals surface area contributed by atoms with Crippen molar-refractivity contribution in [2.45, 2.75) is 0 Å². The number of ether oxygens (including phenoxy) is 1. The highest BCUT2D eigenvalue weighted by molar-refractivity contribution is 6.01. The molecule has 2 aromatic heterocycles. The zero-order valence-electron chi connectivity index (χ0n) is 13.2. The molecular formula is C17H17N5O2. The number of nitrogens with zero attached hydrogens (tertiary/aromatic N) is 3. The SMILES string of the molecule is COCCN1C(=O)CNc2ncc(-c3ccc4cc[nH]c4c3)nc21. The molecule has 0 saturated carbocycles. The summed E-state index contributed by atoms with van der Waals surface area (Å²) in [4.78, 5) is 26.1. The third kappa shape index (κ3) is 2.48. The van der Waals surface area contributed by atoms with E-state index in [1.807, 2.05) is 30.5 Å². The third-order valence-corrected chi connectivity index (χ3v) is 4.09. The Hall–Kier alpha value is -2.93. The maximum atomic E-state index is 12.2. The van der Waals surface area contributed by atoms with E-state index < -0.39 is 0 Å². The highest BCUT2D eigenvalue weighted by atomic mass is 16.5. The summed E-state index contributed by atoms with van der Waals surface area (Å²) in [5.74, 6) is 1.13. The lowest BCUT2D eigenvalue weighted by atomic mass is 10.1. The van der Waals surface area contributed by atoms with Crippen molar-refractivity contribution in [1.82, 2.24) is 15.0 Å². The van der Waals surface area contributed by atoms with Crippen molar-refractivity contribution in [2.24, 2.45) is 0 Å². The average Bonchev–Trinajstić information content (AvgIpc) is 3.08. The minimum absolute atomic E-state index is 0.0363. The maximum Gasteiger partial charge on any atom is 0.247 e. The standard InChI is InChI=1S/C17H17N5O2/c1-24-7-6-22-15(23)10-20-16-17(22)21-14(9-19-16)12-3-2-11-4-5-18-13(11)8-12/h2-5,8-9,18H,6-7,10H2,1H3,(H,19,20). The van der Waals surface area contributed by atoms with Crippen LogP contribution in [-0.4, -0.2) is 47.7 Å². The van der Waals surface area contributed by atoms with Gasteiger partial charge in [-0.1, -0.05) is 12.1 Å². The molecule has 24 heavy (non-hydrogen) atoms. The van der Waals surface area contributed by atoms with Crippen molar-refractivity contribution >= 4 is 28.4 Å². The Kier molecular flexibility index (Phi) is 3.62. The summed E-state index contributed by atoms with van der Waals surface area (Å²) in [6, 6.07) is 8.09. The van der Waals surface area contributed by atoms with Crippen LogP contribution in [0.1, 0.15) is 0 Å². The lowest BCUT2D eigenvalue weighted by molar-refractivity contribution is -0.117. The molecule has 3 aromatic rings. The second kappa shape index (κ2) is 5.93. The lowest BCUT2D eigenvalue weighted by Gasteiger charge is -2.28. The van der Waals surface area contributed by atoms with E-state index in [2.05, 4.69) is 20.3 Å². The van der Waals surface area contributed by atoms with E-state index in [1.54, 1.807) is 18.2 Å². The van der Waals surface area contributed by atoms with Gasteiger partial charge in [0.1, 0.15) is 0 Å². The normalized spacial score (nSPS) is 13.9. The summed E-state index contributed by atoms with van der Waals surface area (Å²) in [6.07, 6.45) is 3.63. The Balaban J connectivity index is 1.75. The molecule has 3 heterocycles. The maximum absolute atomic E-state index is 12.2. The highest BCUT2D eigenvalue weighted by Gasteiger charge is 2.26. The average molecular weight is 323 g/mol. The number of anilines is 2. The van der Waals surface area contributed by atoms with Crippen LogP contribution in [0.15, 0.2) is 36.7 Å². The number of hydrogen-bond acceptors (Lipinski definition) is 5. The fourth-order valence-corrected chi connectivity index (χ4v) is 2.82. The van der Waals surface area contributed by atoms with Crippen LogP contribution in [0.5, 0.6) is 0 Å². The molecule has 0 fully saturated rings. The first-order valence-electron chi connectivity index (χ1n) is 7.74. The first-order chi connectivity index (χ1) is 11.8. The van der Waals surface area contributed by atoms with Crippen molar-refractivity contribution < 1.29 is 9.53 Å². The number of aromatic nitrogens is 3. The molecule has 4 rings (SSSR count). The number of hydrogen-bond donors (Lipinski definition) is 2. The number of aromatic amines is 1. The van der Waals surface area contributed by atoms with E-state index in [-0.39, 0.29) is 12.5 Å². The van der Waals surface area contributed by atoms with Crippen LogP contribution in [-0.2, 0) is 9.53 Å². The Bertz CT molecular complexity index is 905. The smallest absolute Gasteiger partial charge is 0.247 e. The summed E-state index contributed by atoms with van der Waals surface area (Å²) >= 11 is 0. The molecule has 7 heteroatoms. The van der Waals surface area contributed by atoms with Gasteiger partial charge in [-0.25, -0.2) is 9.97 Å². The van der Waals surface area contributed by atoms with Crippen LogP contribution < -0.4 is 10.2 Å². The summed E-state index contributed by atoms with van der Waals surface area (Å²) in [7, 11) is 1.61. The van der Waals surface area contributed by atoms with E-state index in [9.17, 15) is 4.79 Å². The Morgan fingerprint density at radius 3 is 3.12 bits per heavy atom. The van der Waals surface area contributed by atoms with E-state index in [0.717, 1.165) is 22.2 Å². The summed E-state index contributed by atoms with van der Waals surface area (Å²) in [5, 5.41) is 4.15. The molecule has 1 amide bonds. The van der Waals surface area contributed by atoms with Gasteiger partial charge in [-0.3, -0.25) is 9.69 Å². The van der Waals surface area contributed by atoms with Gasteiger partial charge in [-0.2, -0.15) is 0 Å². The molecule has 0 aliphatic carbocycles. The van der Waals surface area contributed by atoms with Gasteiger partial charge in [0.25, 0.3) is 0 Å².